The van der Waals surface area contributed by atoms with Crippen LogP contribution in [0.5, 0.6) is 0 Å². The van der Waals surface area contributed by atoms with Crippen LogP contribution in [0.2, 0.25) is 0 Å². The van der Waals surface area contributed by atoms with Crippen molar-refractivity contribution in [2.75, 3.05) is 7.05 Å². The maximum absolute atomic E-state index is 12.8. The Kier molecular flexibility index (Phi) is 3.11. The number of hydrogen-bond donors (Lipinski definition) is 0. The van der Waals surface area contributed by atoms with Gasteiger partial charge >= 0.3 is 6.18 Å². The number of alkyl halides is 3. The lowest BCUT2D eigenvalue weighted by Crippen LogP contribution is -2.37. The molecular weight excluding hydrogens is 279 g/mol. The normalized spacial score (nSPS) is 24.7. The first kappa shape index (κ1) is 13.9. The van der Waals surface area contributed by atoms with Crippen molar-refractivity contribution in [3.8, 4) is 0 Å². The molecule has 21 heavy (non-hydrogen) atoms. The molecule has 1 aromatic rings. The van der Waals surface area contributed by atoms with E-state index in [4.69, 9.17) is 0 Å². The summed E-state index contributed by atoms with van der Waals surface area (Å²) in [5, 5.41) is 0. The summed E-state index contributed by atoms with van der Waals surface area (Å²) in [7, 11) is 1.85. The smallest absolute Gasteiger partial charge is 0.351 e. The molecule has 1 aliphatic heterocycles. The van der Waals surface area contributed by atoms with Crippen molar-refractivity contribution in [1.29, 1.82) is 0 Å². The molecule has 0 radical (unpaired) electrons. The molecule has 3 nitrogen and oxygen atoms in total. The van der Waals surface area contributed by atoms with Crippen molar-refractivity contribution >= 4 is 5.84 Å². The maximum Gasteiger partial charge on any atom is 0.416 e. The lowest BCUT2D eigenvalue weighted by atomic mass is 9.98. The summed E-state index contributed by atoms with van der Waals surface area (Å²) in [6.07, 6.45) is 2.96. The molecule has 0 N–H and O–H groups in total. The molecule has 2 aliphatic rings. The van der Waals surface area contributed by atoms with Crippen molar-refractivity contribution in [2.24, 2.45) is 4.99 Å². The number of nitrogens with zero attached hydrogens (tertiary/aromatic N) is 3. The molecule has 0 saturated heterocycles. The number of fused-ring (bicyclic) bond motifs is 1. The van der Waals surface area contributed by atoms with Crippen LogP contribution >= 0.6 is 0 Å². The van der Waals surface area contributed by atoms with Crippen molar-refractivity contribution in [2.45, 2.75) is 25.2 Å². The third-order valence-electron chi connectivity index (χ3n) is 3.81. The van der Waals surface area contributed by atoms with Crippen LogP contribution in [-0.4, -0.2) is 41.0 Å². The van der Waals surface area contributed by atoms with Gasteiger partial charge in [-0.25, -0.2) is 0 Å². The molecule has 0 fully saturated rings. The highest BCUT2D eigenvalue weighted by molar-refractivity contribution is 6.01. The number of hydrogen-bond acceptors (Lipinski definition) is 3. The highest BCUT2D eigenvalue weighted by atomic mass is 19.4. The minimum Gasteiger partial charge on any atom is -0.351 e. The van der Waals surface area contributed by atoms with Gasteiger partial charge in [0.2, 0.25) is 0 Å². The van der Waals surface area contributed by atoms with Crippen LogP contribution in [0.4, 0.5) is 13.2 Å². The molecule has 2 unspecified atom stereocenters. The highest BCUT2D eigenvalue weighted by Gasteiger charge is 2.39. The average molecular weight is 293 g/mol. The van der Waals surface area contributed by atoms with E-state index in [1.807, 2.05) is 24.9 Å². The SMILES string of the molecule is Cc1cnccc1C1=NC2C=C(C(F)(F)F)C=CC2N1C. The summed E-state index contributed by atoms with van der Waals surface area (Å²) >= 11 is 0. The van der Waals surface area contributed by atoms with E-state index >= 15 is 0 Å². The molecule has 1 aliphatic carbocycles. The second kappa shape index (κ2) is 4.72. The van der Waals surface area contributed by atoms with Gasteiger partial charge in [0, 0.05) is 25.0 Å². The quantitative estimate of drug-likeness (QED) is 0.796. The number of amidine groups is 1. The van der Waals surface area contributed by atoms with Gasteiger partial charge in [-0.15, -0.1) is 0 Å². The molecule has 0 bridgehead atoms. The number of aromatic nitrogens is 1. The van der Waals surface area contributed by atoms with Gasteiger partial charge in [0.05, 0.1) is 17.7 Å². The summed E-state index contributed by atoms with van der Waals surface area (Å²) in [6, 6.07) is 1.16. The van der Waals surface area contributed by atoms with Crippen LogP contribution in [0.1, 0.15) is 11.1 Å². The first-order valence-electron chi connectivity index (χ1n) is 6.57. The maximum atomic E-state index is 12.8. The Labute approximate surface area is 120 Å². The first-order chi connectivity index (χ1) is 9.88. The van der Waals surface area contributed by atoms with Crippen LogP contribution in [-0.2, 0) is 0 Å². The zero-order chi connectivity index (χ0) is 15.2. The number of aryl methyl sites for hydroxylation is 1. The summed E-state index contributed by atoms with van der Waals surface area (Å²) < 4.78 is 38.4. The lowest BCUT2D eigenvalue weighted by molar-refractivity contribution is -0.0888. The fourth-order valence-electron chi connectivity index (χ4n) is 2.67. The number of pyridine rings is 1. The van der Waals surface area contributed by atoms with Gasteiger partial charge in [0.15, 0.2) is 0 Å². The van der Waals surface area contributed by atoms with Gasteiger partial charge in [-0.1, -0.05) is 12.2 Å². The molecular formula is C15H14F3N3. The van der Waals surface area contributed by atoms with Crippen molar-refractivity contribution in [1.82, 2.24) is 9.88 Å². The van der Waals surface area contributed by atoms with Crippen LogP contribution in [0.25, 0.3) is 0 Å². The van der Waals surface area contributed by atoms with Crippen LogP contribution in [0.15, 0.2) is 47.3 Å². The Bertz CT molecular complexity index is 658. The molecule has 0 aromatic carbocycles. The predicted octanol–water partition coefficient (Wildman–Crippen LogP) is 2.88. The molecule has 0 amide bonds. The van der Waals surface area contributed by atoms with Gasteiger partial charge in [-0.3, -0.25) is 9.98 Å². The predicted molar refractivity (Wildman–Crippen MR) is 74.1 cm³/mol. The second-order valence-electron chi connectivity index (χ2n) is 5.21. The Hall–Kier alpha value is -2.11. The second-order valence-corrected chi connectivity index (χ2v) is 5.21. The van der Waals surface area contributed by atoms with Gasteiger partial charge in [0.25, 0.3) is 0 Å². The van der Waals surface area contributed by atoms with E-state index in [1.54, 1.807) is 18.5 Å². The van der Waals surface area contributed by atoms with E-state index in [2.05, 4.69) is 9.98 Å². The Morgan fingerprint density at radius 1 is 1.29 bits per heavy atom. The first-order valence-corrected chi connectivity index (χ1v) is 6.57. The zero-order valence-electron chi connectivity index (χ0n) is 11.6. The molecule has 3 rings (SSSR count). The third-order valence-corrected chi connectivity index (χ3v) is 3.81. The molecule has 0 saturated carbocycles. The van der Waals surface area contributed by atoms with E-state index in [9.17, 15) is 13.2 Å². The van der Waals surface area contributed by atoms with E-state index in [-0.39, 0.29) is 6.04 Å². The van der Waals surface area contributed by atoms with Crippen LogP contribution in [0, 0.1) is 6.92 Å². The van der Waals surface area contributed by atoms with Crippen molar-refractivity contribution < 1.29 is 13.2 Å². The molecule has 110 valence electrons. The van der Waals surface area contributed by atoms with Crippen molar-refractivity contribution in [3.05, 3.63) is 53.4 Å². The highest BCUT2D eigenvalue weighted by Crippen LogP contribution is 2.34. The summed E-state index contributed by atoms with van der Waals surface area (Å²) in [4.78, 5) is 10.4. The minimum absolute atomic E-state index is 0.168. The van der Waals surface area contributed by atoms with Gasteiger partial charge < -0.3 is 4.90 Å². The average Bonchev–Trinajstić information content (AvgIpc) is 2.75. The van der Waals surface area contributed by atoms with Gasteiger partial charge in [-0.2, -0.15) is 13.2 Å². The Morgan fingerprint density at radius 2 is 2.05 bits per heavy atom. The fraction of sp³-hybridized carbons (Fsp3) is 0.333. The van der Waals surface area contributed by atoms with Crippen LogP contribution < -0.4 is 0 Å². The summed E-state index contributed by atoms with van der Waals surface area (Å²) in [5.41, 5.74) is 1.22. The number of allylic oxidation sites excluding steroid dienone is 2. The molecule has 2 heterocycles. The van der Waals surface area contributed by atoms with Gasteiger partial charge in [-0.05, 0) is 24.6 Å². The largest absolute Gasteiger partial charge is 0.416 e. The minimum atomic E-state index is -4.33. The number of rotatable bonds is 1. The van der Waals surface area contributed by atoms with E-state index < -0.39 is 17.8 Å². The van der Waals surface area contributed by atoms with E-state index in [0.29, 0.717) is 5.84 Å². The lowest BCUT2D eigenvalue weighted by Gasteiger charge is -2.26. The fourth-order valence-corrected chi connectivity index (χ4v) is 2.67. The van der Waals surface area contributed by atoms with Crippen LogP contribution in [0.3, 0.4) is 0 Å². The van der Waals surface area contributed by atoms with E-state index in [0.717, 1.165) is 17.2 Å². The third kappa shape index (κ3) is 2.34. The molecule has 1 aromatic heterocycles. The zero-order valence-corrected chi connectivity index (χ0v) is 11.6. The molecule has 0 spiro atoms. The molecule has 2 atom stereocenters. The van der Waals surface area contributed by atoms with E-state index in [1.165, 1.54) is 6.08 Å². The number of likely N-dealkylation sites (N-methyl/N-ethyl adjacent to an activating group) is 1. The summed E-state index contributed by atoms with van der Waals surface area (Å²) in [6.45, 7) is 1.91. The van der Waals surface area contributed by atoms with Gasteiger partial charge in [0.1, 0.15) is 5.84 Å². The Balaban J connectivity index is 1.99. The number of halogens is 3. The number of aliphatic imine (C=N–C) groups is 1. The Morgan fingerprint density at radius 3 is 2.71 bits per heavy atom. The summed E-state index contributed by atoms with van der Waals surface area (Å²) in [5.74, 6) is 0.703. The topological polar surface area (TPSA) is 28.5 Å². The monoisotopic (exact) mass is 293 g/mol. The van der Waals surface area contributed by atoms with Crippen molar-refractivity contribution in [3.63, 3.8) is 0 Å². The molecule has 6 heteroatoms. The standard InChI is InChI=1S/C15H14F3N3/c1-9-8-19-6-5-11(9)14-20-12-7-10(15(16,17)18)3-4-13(12)21(14)2/h3-8,12-13H,1-2H3.